The molecule has 9 rings (SSSR count). The van der Waals surface area contributed by atoms with Crippen LogP contribution in [0.4, 0.5) is 0 Å². The fourth-order valence-electron chi connectivity index (χ4n) is 8.53. The van der Waals surface area contributed by atoms with Crippen LogP contribution in [0.5, 0.6) is 5.75 Å². The molecule has 0 fully saturated rings. The zero-order chi connectivity index (χ0) is 42.8. The highest BCUT2D eigenvalue weighted by molar-refractivity contribution is 6.15. The number of benzene rings is 6. The lowest BCUT2D eigenvalue weighted by molar-refractivity contribution is 0.446. The van der Waals surface area contributed by atoms with Crippen molar-refractivity contribution in [1.82, 2.24) is 19.1 Å². The Hall–Kier alpha value is -6.72. The first-order valence-corrected chi connectivity index (χ1v) is 21.3. The lowest BCUT2D eigenvalue weighted by Crippen LogP contribution is -2.17. The normalized spacial score (nSPS) is 12.4. The maximum absolute atomic E-state index is 12.4. The third-order valence-corrected chi connectivity index (χ3v) is 11.9. The summed E-state index contributed by atoms with van der Waals surface area (Å²) in [5.41, 5.74) is 14.6. The standard InChI is InChI=1S/C56H54N4O/c1-54(2,3)40-31-38(30-39(32-40)47-33-37(28-29-57-47)36-20-13-10-14-21-36)44-26-19-27-48-49(44)50-53(59(48)42-22-15-11-16-23-42)60(43-24-17-12-18-25-43)52(58-50)45-34-41(55(4,5)6)35-46(51(45)61)56(7,8)9/h10-35,61H,1-9H3. The van der Waals surface area contributed by atoms with E-state index in [2.05, 4.69) is 211 Å². The van der Waals surface area contributed by atoms with Gasteiger partial charge in [-0.05, 0) is 110 Å². The predicted molar refractivity (Wildman–Crippen MR) is 255 cm³/mol. The lowest BCUT2D eigenvalue weighted by Gasteiger charge is -2.27. The van der Waals surface area contributed by atoms with Crippen molar-refractivity contribution in [3.05, 3.63) is 175 Å². The van der Waals surface area contributed by atoms with Crippen LogP contribution < -0.4 is 0 Å². The minimum atomic E-state index is -0.311. The SMILES string of the molecule is CC(C)(C)c1cc(-c2cc(-c3ccccc3)ccn2)cc(-c2cccc3c2c2nc(-c4cc(C(C)(C)C)cc(C(C)(C)C)c4O)n(-c4ccccc4)c2n3-c2ccccc2)c1. The summed E-state index contributed by atoms with van der Waals surface area (Å²) in [4.78, 5) is 10.6. The van der Waals surface area contributed by atoms with Crippen molar-refractivity contribution in [3.63, 3.8) is 0 Å². The van der Waals surface area contributed by atoms with Gasteiger partial charge in [0.2, 0.25) is 0 Å². The van der Waals surface area contributed by atoms with Gasteiger partial charge in [0.25, 0.3) is 0 Å². The number of para-hydroxylation sites is 2. The monoisotopic (exact) mass is 798 g/mol. The highest BCUT2D eigenvalue weighted by Gasteiger charge is 2.31. The van der Waals surface area contributed by atoms with Gasteiger partial charge in [0.05, 0.1) is 16.8 Å². The largest absolute Gasteiger partial charge is 0.507 e. The second-order valence-electron chi connectivity index (χ2n) is 19.4. The molecule has 304 valence electrons. The van der Waals surface area contributed by atoms with Crippen LogP contribution in [0.25, 0.3) is 78.3 Å². The minimum Gasteiger partial charge on any atom is -0.507 e. The van der Waals surface area contributed by atoms with Crippen LogP contribution >= 0.6 is 0 Å². The Morgan fingerprint density at radius 3 is 1.69 bits per heavy atom. The number of aromatic hydroxyl groups is 1. The highest BCUT2D eigenvalue weighted by Crippen LogP contribution is 2.47. The molecule has 0 amide bonds. The summed E-state index contributed by atoms with van der Waals surface area (Å²) in [5.74, 6) is 0.951. The quantitative estimate of drug-likeness (QED) is 0.182. The van der Waals surface area contributed by atoms with E-state index in [0.717, 1.165) is 78.1 Å². The van der Waals surface area contributed by atoms with E-state index < -0.39 is 0 Å². The fraction of sp³-hybridized carbons (Fsp3) is 0.214. The summed E-state index contributed by atoms with van der Waals surface area (Å²) < 4.78 is 4.59. The molecule has 5 heteroatoms. The Morgan fingerprint density at radius 1 is 0.475 bits per heavy atom. The summed E-state index contributed by atoms with van der Waals surface area (Å²) >= 11 is 0. The Bertz CT molecular complexity index is 3060. The average molecular weight is 799 g/mol. The smallest absolute Gasteiger partial charge is 0.151 e. The van der Waals surface area contributed by atoms with Crippen molar-refractivity contribution in [1.29, 1.82) is 0 Å². The van der Waals surface area contributed by atoms with Gasteiger partial charge >= 0.3 is 0 Å². The van der Waals surface area contributed by atoms with Gasteiger partial charge in [-0.1, -0.05) is 153 Å². The molecule has 3 heterocycles. The number of imidazole rings is 1. The number of fused-ring (bicyclic) bond motifs is 3. The molecule has 0 aliphatic heterocycles. The minimum absolute atomic E-state index is 0.136. The molecule has 0 spiro atoms. The van der Waals surface area contributed by atoms with Crippen molar-refractivity contribution in [2.24, 2.45) is 0 Å². The van der Waals surface area contributed by atoms with Gasteiger partial charge in [-0.15, -0.1) is 0 Å². The third-order valence-electron chi connectivity index (χ3n) is 11.9. The van der Waals surface area contributed by atoms with E-state index in [0.29, 0.717) is 11.4 Å². The molecule has 0 unspecified atom stereocenters. The van der Waals surface area contributed by atoms with E-state index in [4.69, 9.17) is 9.97 Å². The molecule has 5 nitrogen and oxygen atoms in total. The van der Waals surface area contributed by atoms with Crippen molar-refractivity contribution >= 4 is 22.1 Å². The molecule has 0 aliphatic rings. The number of pyridine rings is 1. The molecular formula is C56H54N4O. The lowest BCUT2D eigenvalue weighted by atomic mass is 9.79. The van der Waals surface area contributed by atoms with Crippen molar-refractivity contribution in [2.75, 3.05) is 0 Å². The van der Waals surface area contributed by atoms with Crippen LogP contribution in [-0.2, 0) is 16.2 Å². The van der Waals surface area contributed by atoms with Gasteiger partial charge < -0.3 is 5.11 Å². The number of phenols is 1. The number of rotatable bonds is 6. The van der Waals surface area contributed by atoms with E-state index >= 15 is 0 Å². The molecular weight excluding hydrogens is 745 g/mol. The van der Waals surface area contributed by atoms with Gasteiger partial charge in [0.15, 0.2) is 11.5 Å². The molecule has 9 aromatic rings. The first kappa shape index (κ1) is 39.7. The number of hydrogen-bond acceptors (Lipinski definition) is 3. The van der Waals surface area contributed by atoms with Crippen molar-refractivity contribution < 1.29 is 5.11 Å². The molecule has 0 atom stereocenters. The Kier molecular flexibility index (Phi) is 9.62. The Morgan fingerprint density at radius 2 is 1.07 bits per heavy atom. The van der Waals surface area contributed by atoms with Crippen LogP contribution in [0.1, 0.15) is 79.0 Å². The molecule has 0 saturated carbocycles. The summed E-state index contributed by atoms with van der Waals surface area (Å²) in [7, 11) is 0. The first-order valence-electron chi connectivity index (χ1n) is 21.3. The zero-order valence-electron chi connectivity index (χ0n) is 36.7. The van der Waals surface area contributed by atoms with Crippen LogP contribution in [0.3, 0.4) is 0 Å². The average Bonchev–Trinajstić information content (AvgIpc) is 3.78. The van der Waals surface area contributed by atoms with Crippen LogP contribution in [0, 0.1) is 0 Å². The molecule has 1 N–H and O–H groups in total. The summed E-state index contributed by atoms with van der Waals surface area (Å²) in [6.45, 7) is 20.0. The number of hydrogen-bond donors (Lipinski definition) is 1. The summed E-state index contributed by atoms with van der Waals surface area (Å²) in [6, 6.07) is 53.6. The molecule has 3 aromatic heterocycles. The third kappa shape index (κ3) is 7.22. The number of nitrogens with zero attached hydrogens (tertiary/aromatic N) is 4. The van der Waals surface area contributed by atoms with Gasteiger partial charge in [-0.3, -0.25) is 14.1 Å². The van der Waals surface area contributed by atoms with Crippen LogP contribution in [0.15, 0.2) is 158 Å². The highest BCUT2D eigenvalue weighted by atomic mass is 16.3. The molecule has 0 bridgehead atoms. The first-order chi connectivity index (χ1) is 29.1. The van der Waals surface area contributed by atoms with E-state index in [1.807, 2.05) is 18.3 Å². The Labute approximate surface area is 360 Å². The number of aromatic nitrogens is 4. The fourth-order valence-corrected chi connectivity index (χ4v) is 8.53. The topological polar surface area (TPSA) is 55.9 Å². The van der Waals surface area contributed by atoms with E-state index in [1.165, 1.54) is 5.56 Å². The van der Waals surface area contributed by atoms with E-state index in [9.17, 15) is 5.11 Å². The van der Waals surface area contributed by atoms with Crippen molar-refractivity contribution in [3.8, 4) is 62.0 Å². The summed E-state index contributed by atoms with van der Waals surface area (Å²) in [5, 5.41) is 13.5. The second kappa shape index (κ2) is 14.8. The predicted octanol–water partition coefficient (Wildman–Crippen LogP) is 14.6. The zero-order valence-corrected chi connectivity index (χ0v) is 36.7. The molecule has 0 aliphatic carbocycles. The molecule has 0 saturated heterocycles. The Balaban J connectivity index is 1.40. The van der Waals surface area contributed by atoms with Gasteiger partial charge in [-0.25, -0.2) is 4.98 Å². The maximum Gasteiger partial charge on any atom is 0.151 e. The number of phenolic OH excluding ortho intramolecular Hbond substituents is 1. The van der Waals surface area contributed by atoms with Crippen molar-refractivity contribution in [2.45, 2.75) is 78.6 Å². The van der Waals surface area contributed by atoms with Gasteiger partial charge in [0.1, 0.15) is 11.3 Å². The second-order valence-corrected chi connectivity index (χ2v) is 19.4. The summed E-state index contributed by atoms with van der Waals surface area (Å²) in [6.07, 6.45) is 1.91. The maximum atomic E-state index is 12.4. The van der Waals surface area contributed by atoms with E-state index in [-0.39, 0.29) is 22.0 Å². The van der Waals surface area contributed by atoms with Gasteiger partial charge in [-0.2, -0.15) is 0 Å². The molecule has 0 radical (unpaired) electrons. The molecule has 6 aromatic carbocycles. The molecule has 61 heavy (non-hydrogen) atoms. The van der Waals surface area contributed by atoms with Gasteiger partial charge in [0, 0.05) is 34.1 Å². The van der Waals surface area contributed by atoms with E-state index in [1.54, 1.807) is 0 Å². The van der Waals surface area contributed by atoms with Crippen LogP contribution in [0.2, 0.25) is 0 Å². The van der Waals surface area contributed by atoms with Crippen LogP contribution in [-0.4, -0.2) is 24.2 Å².